The fourth-order valence-corrected chi connectivity index (χ4v) is 3.50. The van der Waals surface area contributed by atoms with E-state index in [1.54, 1.807) is 34.5 Å². The molecule has 144 valence electrons. The Labute approximate surface area is 163 Å². The van der Waals surface area contributed by atoms with Gasteiger partial charge in [0.05, 0.1) is 31.5 Å². The van der Waals surface area contributed by atoms with E-state index in [1.165, 1.54) is 0 Å². The minimum absolute atomic E-state index is 0.0295. The van der Waals surface area contributed by atoms with Crippen LogP contribution in [-0.2, 0) is 22.7 Å². The van der Waals surface area contributed by atoms with Gasteiger partial charge >= 0.3 is 0 Å². The van der Waals surface area contributed by atoms with Gasteiger partial charge in [-0.3, -0.25) is 9.59 Å². The molecule has 0 unspecified atom stereocenters. The summed E-state index contributed by atoms with van der Waals surface area (Å²) < 4.78 is 10.8. The Hall–Kier alpha value is -3.28. The van der Waals surface area contributed by atoms with Crippen LogP contribution in [0.15, 0.2) is 69.9 Å². The predicted octanol–water partition coefficient (Wildman–Crippen LogP) is 3.76. The van der Waals surface area contributed by atoms with E-state index in [0.29, 0.717) is 31.2 Å². The van der Waals surface area contributed by atoms with Crippen LogP contribution < -0.4 is 4.90 Å². The number of carbonyl (C=O) groups excluding carboxylic acids is 2. The highest BCUT2D eigenvalue weighted by molar-refractivity contribution is 6.00. The van der Waals surface area contributed by atoms with Crippen molar-refractivity contribution in [3.63, 3.8) is 0 Å². The maximum Gasteiger partial charge on any atom is 0.228 e. The van der Waals surface area contributed by atoms with Crippen LogP contribution in [0.3, 0.4) is 0 Å². The molecule has 6 heteroatoms. The number of furan rings is 2. The first-order chi connectivity index (χ1) is 13.6. The van der Waals surface area contributed by atoms with Crippen LogP contribution in [0, 0.1) is 12.8 Å². The molecule has 1 aliphatic rings. The first kappa shape index (κ1) is 18.1. The van der Waals surface area contributed by atoms with Crippen molar-refractivity contribution in [2.24, 2.45) is 5.92 Å². The molecule has 2 aromatic heterocycles. The predicted molar refractivity (Wildman–Crippen MR) is 103 cm³/mol. The van der Waals surface area contributed by atoms with E-state index in [1.807, 2.05) is 43.3 Å². The Balaban J connectivity index is 1.51. The summed E-state index contributed by atoms with van der Waals surface area (Å²) >= 11 is 0. The van der Waals surface area contributed by atoms with Crippen molar-refractivity contribution in [3.05, 3.63) is 78.1 Å². The lowest BCUT2D eigenvalue weighted by Gasteiger charge is -2.24. The van der Waals surface area contributed by atoms with E-state index in [-0.39, 0.29) is 18.2 Å². The molecule has 1 saturated heterocycles. The summed E-state index contributed by atoms with van der Waals surface area (Å²) in [6.07, 6.45) is 3.38. The number of rotatable bonds is 6. The summed E-state index contributed by atoms with van der Waals surface area (Å²) in [6.45, 7) is 3.06. The zero-order chi connectivity index (χ0) is 19.5. The van der Waals surface area contributed by atoms with Crippen LogP contribution in [0.2, 0.25) is 0 Å². The van der Waals surface area contributed by atoms with E-state index < -0.39 is 5.92 Å². The van der Waals surface area contributed by atoms with Crippen molar-refractivity contribution < 1.29 is 18.4 Å². The van der Waals surface area contributed by atoms with Crippen LogP contribution in [0.4, 0.5) is 5.69 Å². The Bertz CT molecular complexity index is 893. The quantitative estimate of drug-likeness (QED) is 0.655. The molecule has 0 spiro atoms. The number of amides is 2. The maximum atomic E-state index is 13.2. The third kappa shape index (κ3) is 3.86. The van der Waals surface area contributed by atoms with Gasteiger partial charge in [0.2, 0.25) is 11.8 Å². The molecule has 1 atom stereocenters. The largest absolute Gasteiger partial charge is 0.467 e. The lowest BCUT2D eigenvalue weighted by atomic mass is 10.1. The standard InChI is InChI=1S/C22H22N2O4/c1-16-6-8-18(9-7-16)24-13-17(12-21(24)25)22(26)23(14-19-4-2-10-27-19)15-20-5-3-11-28-20/h2-11,17H,12-15H2,1H3/t17-/m1/s1. The van der Waals surface area contributed by atoms with E-state index >= 15 is 0 Å². The van der Waals surface area contributed by atoms with Gasteiger partial charge in [-0.05, 0) is 43.3 Å². The smallest absolute Gasteiger partial charge is 0.228 e. The van der Waals surface area contributed by atoms with Crippen LogP contribution in [0.5, 0.6) is 0 Å². The van der Waals surface area contributed by atoms with E-state index in [4.69, 9.17) is 8.83 Å². The highest BCUT2D eigenvalue weighted by Gasteiger charge is 2.37. The Morgan fingerprint density at radius 3 is 2.18 bits per heavy atom. The van der Waals surface area contributed by atoms with Crippen molar-refractivity contribution >= 4 is 17.5 Å². The van der Waals surface area contributed by atoms with Crippen LogP contribution in [0.25, 0.3) is 0 Å². The van der Waals surface area contributed by atoms with E-state index in [2.05, 4.69) is 0 Å². The first-order valence-corrected chi connectivity index (χ1v) is 9.31. The molecule has 0 bridgehead atoms. The summed E-state index contributed by atoms with van der Waals surface area (Å²) in [6, 6.07) is 15.0. The minimum atomic E-state index is -0.390. The average molecular weight is 378 g/mol. The molecule has 3 aromatic rings. The number of nitrogens with zero attached hydrogens (tertiary/aromatic N) is 2. The Morgan fingerprint density at radius 1 is 1.04 bits per heavy atom. The van der Waals surface area contributed by atoms with Crippen molar-refractivity contribution in [1.82, 2.24) is 4.90 Å². The monoisotopic (exact) mass is 378 g/mol. The number of hydrogen-bond donors (Lipinski definition) is 0. The molecule has 2 amide bonds. The Morgan fingerprint density at radius 2 is 1.64 bits per heavy atom. The molecule has 1 aliphatic heterocycles. The van der Waals surface area contributed by atoms with Gasteiger partial charge in [-0.25, -0.2) is 0 Å². The summed E-state index contributed by atoms with van der Waals surface area (Å²) in [5.74, 6) is 0.895. The number of hydrogen-bond acceptors (Lipinski definition) is 4. The third-order valence-corrected chi connectivity index (χ3v) is 4.99. The fraction of sp³-hybridized carbons (Fsp3) is 0.273. The van der Waals surface area contributed by atoms with Crippen molar-refractivity contribution in [2.45, 2.75) is 26.4 Å². The molecular weight excluding hydrogens is 356 g/mol. The summed E-state index contributed by atoms with van der Waals surface area (Å²) in [7, 11) is 0. The van der Waals surface area contributed by atoms with Crippen molar-refractivity contribution in [3.8, 4) is 0 Å². The lowest BCUT2D eigenvalue weighted by molar-refractivity contribution is -0.137. The first-order valence-electron chi connectivity index (χ1n) is 9.31. The van der Waals surface area contributed by atoms with Gasteiger partial charge < -0.3 is 18.6 Å². The molecule has 1 aromatic carbocycles. The number of aryl methyl sites for hydroxylation is 1. The van der Waals surface area contributed by atoms with Crippen LogP contribution in [0.1, 0.15) is 23.5 Å². The summed E-state index contributed by atoms with van der Waals surface area (Å²) in [4.78, 5) is 29.2. The van der Waals surface area contributed by atoms with Crippen molar-refractivity contribution in [2.75, 3.05) is 11.4 Å². The maximum absolute atomic E-state index is 13.2. The molecular formula is C22H22N2O4. The van der Waals surface area contributed by atoms with Gasteiger partial charge in [-0.15, -0.1) is 0 Å². The topological polar surface area (TPSA) is 66.9 Å². The van der Waals surface area contributed by atoms with E-state index in [0.717, 1.165) is 11.3 Å². The zero-order valence-corrected chi connectivity index (χ0v) is 15.7. The van der Waals surface area contributed by atoms with Gasteiger partial charge in [-0.1, -0.05) is 17.7 Å². The van der Waals surface area contributed by atoms with Crippen molar-refractivity contribution in [1.29, 1.82) is 0 Å². The number of carbonyl (C=O) groups is 2. The van der Waals surface area contributed by atoms with Gasteiger partial charge in [0, 0.05) is 18.7 Å². The molecule has 28 heavy (non-hydrogen) atoms. The fourth-order valence-electron chi connectivity index (χ4n) is 3.50. The molecule has 0 aliphatic carbocycles. The molecule has 4 rings (SSSR count). The average Bonchev–Trinajstić information content (AvgIpc) is 3.44. The molecule has 6 nitrogen and oxygen atoms in total. The normalized spacial score (nSPS) is 16.5. The number of anilines is 1. The van der Waals surface area contributed by atoms with Crippen LogP contribution >= 0.6 is 0 Å². The zero-order valence-electron chi connectivity index (χ0n) is 15.7. The second kappa shape index (κ2) is 7.76. The molecule has 1 fully saturated rings. The van der Waals surface area contributed by atoms with Gasteiger partial charge in [0.1, 0.15) is 11.5 Å². The van der Waals surface area contributed by atoms with Gasteiger partial charge in [-0.2, -0.15) is 0 Å². The summed E-state index contributed by atoms with van der Waals surface area (Å²) in [5.41, 5.74) is 1.96. The number of benzene rings is 1. The lowest BCUT2D eigenvalue weighted by Crippen LogP contribution is -2.36. The highest BCUT2D eigenvalue weighted by Crippen LogP contribution is 2.27. The highest BCUT2D eigenvalue weighted by atomic mass is 16.3. The SMILES string of the molecule is Cc1ccc(N2C[C@H](C(=O)N(Cc3ccco3)Cc3ccco3)CC2=O)cc1. The van der Waals surface area contributed by atoms with Crippen LogP contribution in [-0.4, -0.2) is 23.3 Å². The minimum Gasteiger partial charge on any atom is -0.467 e. The molecule has 0 saturated carbocycles. The Kier molecular flexibility index (Phi) is 5.02. The second-order valence-electron chi connectivity index (χ2n) is 7.09. The third-order valence-electron chi connectivity index (χ3n) is 4.99. The van der Waals surface area contributed by atoms with E-state index in [9.17, 15) is 9.59 Å². The molecule has 0 radical (unpaired) electrons. The second-order valence-corrected chi connectivity index (χ2v) is 7.09. The molecule has 3 heterocycles. The van der Waals surface area contributed by atoms with Gasteiger partial charge in [0.25, 0.3) is 0 Å². The molecule has 0 N–H and O–H groups in total. The van der Waals surface area contributed by atoms with Gasteiger partial charge in [0.15, 0.2) is 0 Å². The summed E-state index contributed by atoms with van der Waals surface area (Å²) in [5, 5.41) is 0.